The number of carbonyl (C=O) groups excluding carboxylic acids is 1. The van der Waals surface area contributed by atoms with Crippen molar-refractivity contribution in [2.24, 2.45) is 0 Å². The number of anilines is 1. The molecule has 0 saturated carbocycles. The van der Waals surface area contributed by atoms with E-state index in [9.17, 15) is 18.0 Å². The number of rotatable bonds is 5. The number of para-hydroxylation sites is 1. The second-order valence-corrected chi connectivity index (χ2v) is 6.89. The van der Waals surface area contributed by atoms with Gasteiger partial charge in [-0.3, -0.25) is 4.79 Å². The molecule has 2 rings (SSSR count). The highest BCUT2D eigenvalue weighted by Crippen LogP contribution is 2.37. The van der Waals surface area contributed by atoms with E-state index in [0.29, 0.717) is 4.90 Å². The predicted octanol–water partition coefficient (Wildman–Crippen LogP) is 5.96. The Balaban J connectivity index is 2.06. The van der Waals surface area contributed by atoms with E-state index in [-0.39, 0.29) is 16.7 Å². The lowest BCUT2D eigenvalue weighted by molar-refractivity contribution is -0.137. The third-order valence-corrected chi connectivity index (χ3v) is 4.94. The minimum atomic E-state index is -4.52. The summed E-state index contributed by atoms with van der Waals surface area (Å²) in [5.41, 5.74) is 1.84. The summed E-state index contributed by atoms with van der Waals surface area (Å²) in [7, 11) is 0. The molecule has 1 amide bonds. The van der Waals surface area contributed by atoms with Gasteiger partial charge in [-0.1, -0.05) is 36.7 Å². The zero-order valence-corrected chi connectivity index (χ0v) is 15.3. The van der Waals surface area contributed by atoms with Gasteiger partial charge in [-0.15, -0.1) is 11.8 Å². The molecule has 0 aliphatic carbocycles. The van der Waals surface area contributed by atoms with E-state index in [1.807, 2.05) is 32.0 Å². The Morgan fingerprint density at radius 1 is 1.24 bits per heavy atom. The second-order valence-electron chi connectivity index (χ2n) is 5.44. The molecule has 0 heterocycles. The molecule has 0 aliphatic rings. The molecule has 25 heavy (non-hydrogen) atoms. The minimum absolute atomic E-state index is 0.0103. The highest BCUT2D eigenvalue weighted by atomic mass is 35.5. The third-order valence-electron chi connectivity index (χ3n) is 3.62. The average Bonchev–Trinajstić information content (AvgIpc) is 2.55. The lowest BCUT2D eigenvalue weighted by Crippen LogP contribution is -2.16. The highest BCUT2D eigenvalue weighted by Gasteiger charge is 2.33. The second kappa shape index (κ2) is 8.15. The Bertz CT molecular complexity index is 777. The summed E-state index contributed by atoms with van der Waals surface area (Å²) in [4.78, 5) is 12.5. The van der Waals surface area contributed by atoms with Crippen molar-refractivity contribution < 1.29 is 18.0 Å². The number of alkyl halides is 3. The van der Waals surface area contributed by atoms with Crippen molar-refractivity contribution in [2.75, 3.05) is 11.1 Å². The van der Waals surface area contributed by atoms with Crippen LogP contribution >= 0.6 is 23.4 Å². The molecule has 0 unspecified atom stereocenters. The summed E-state index contributed by atoms with van der Waals surface area (Å²) in [6.07, 6.45) is -3.75. The van der Waals surface area contributed by atoms with E-state index in [1.54, 1.807) is 0 Å². The first kappa shape index (κ1) is 19.7. The lowest BCUT2D eigenvalue weighted by atomic mass is 10.1. The van der Waals surface area contributed by atoms with Gasteiger partial charge in [0.1, 0.15) is 0 Å². The van der Waals surface area contributed by atoms with Gasteiger partial charge in [0.05, 0.1) is 16.3 Å². The third kappa shape index (κ3) is 5.16. The molecular formula is C18H17ClF3NOS. The molecule has 1 N–H and O–H groups in total. The monoisotopic (exact) mass is 387 g/mol. The first-order valence-corrected chi connectivity index (χ1v) is 8.96. The maximum atomic E-state index is 12.9. The molecule has 134 valence electrons. The van der Waals surface area contributed by atoms with Gasteiger partial charge >= 0.3 is 6.18 Å². The lowest BCUT2D eigenvalue weighted by Gasteiger charge is -2.13. The molecule has 0 spiro atoms. The van der Waals surface area contributed by atoms with Crippen LogP contribution < -0.4 is 5.32 Å². The Kier molecular flexibility index (Phi) is 6.41. The van der Waals surface area contributed by atoms with E-state index in [4.69, 9.17) is 11.6 Å². The normalized spacial score (nSPS) is 11.4. The van der Waals surface area contributed by atoms with E-state index in [0.717, 1.165) is 41.1 Å². The van der Waals surface area contributed by atoms with E-state index in [1.165, 1.54) is 12.1 Å². The fraction of sp³-hybridized carbons (Fsp3) is 0.278. The summed E-state index contributed by atoms with van der Waals surface area (Å²) in [5, 5.41) is 2.50. The van der Waals surface area contributed by atoms with Crippen molar-refractivity contribution in [3.8, 4) is 0 Å². The van der Waals surface area contributed by atoms with Crippen LogP contribution in [0, 0.1) is 6.92 Å². The van der Waals surface area contributed by atoms with Crippen LogP contribution in [-0.2, 0) is 17.4 Å². The quantitative estimate of drug-likeness (QED) is 0.641. The zero-order chi connectivity index (χ0) is 18.6. The summed E-state index contributed by atoms with van der Waals surface area (Å²) < 4.78 is 38.6. The first-order chi connectivity index (χ1) is 11.7. The molecule has 0 aliphatic heterocycles. The molecule has 2 nitrogen and oxygen atoms in total. The molecule has 0 fully saturated rings. The summed E-state index contributed by atoms with van der Waals surface area (Å²) >= 11 is 6.63. The van der Waals surface area contributed by atoms with Crippen LogP contribution in [0.15, 0.2) is 41.3 Å². The van der Waals surface area contributed by atoms with Crippen LogP contribution in [0.2, 0.25) is 5.02 Å². The van der Waals surface area contributed by atoms with Crippen molar-refractivity contribution >= 4 is 35.0 Å². The summed E-state index contributed by atoms with van der Waals surface area (Å²) in [5.74, 6) is -0.256. The molecule has 0 radical (unpaired) electrons. The topological polar surface area (TPSA) is 29.1 Å². The standard InChI is InChI=1S/C18H17ClF3NOS/c1-3-12-6-4-5-11(2)17(12)23-16(24)10-25-13-7-8-15(19)14(9-13)18(20,21)22/h4-9H,3,10H2,1-2H3,(H,23,24). The fourth-order valence-corrected chi connectivity index (χ4v) is 3.30. The van der Waals surface area contributed by atoms with Gasteiger partial charge in [-0.05, 0) is 42.7 Å². The van der Waals surface area contributed by atoms with Crippen LogP contribution in [0.3, 0.4) is 0 Å². The number of amides is 1. The molecule has 2 aromatic carbocycles. The number of halogens is 4. The highest BCUT2D eigenvalue weighted by molar-refractivity contribution is 8.00. The summed E-state index contributed by atoms with van der Waals surface area (Å²) in [6.45, 7) is 3.89. The number of thioether (sulfide) groups is 1. The number of aryl methyl sites for hydroxylation is 2. The van der Waals surface area contributed by atoms with E-state index >= 15 is 0 Å². The van der Waals surface area contributed by atoms with Crippen LogP contribution in [-0.4, -0.2) is 11.7 Å². The smallest absolute Gasteiger partial charge is 0.325 e. The van der Waals surface area contributed by atoms with Crippen molar-refractivity contribution in [3.05, 3.63) is 58.1 Å². The zero-order valence-electron chi connectivity index (χ0n) is 13.7. The molecule has 0 atom stereocenters. The maximum Gasteiger partial charge on any atom is 0.417 e. The van der Waals surface area contributed by atoms with Crippen LogP contribution in [0.25, 0.3) is 0 Å². The van der Waals surface area contributed by atoms with E-state index < -0.39 is 11.7 Å². The molecule has 7 heteroatoms. The van der Waals surface area contributed by atoms with Crippen molar-refractivity contribution in [2.45, 2.75) is 31.3 Å². The first-order valence-electron chi connectivity index (χ1n) is 7.60. The van der Waals surface area contributed by atoms with Gasteiger partial charge < -0.3 is 5.32 Å². The molecule has 2 aromatic rings. The number of nitrogens with one attached hydrogen (secondary N) is 1. The number of carbonyl (C=O) groups is 1. The fourth-order valence-electron chi connectivity index (χ4n) is 2.34. The van der Waals surface area contributed by atoms with E-state index in [2.05, 4.69) is 5.32 Å². The van der Waals surface area contributed by atoms with Gasteiger partial charge in [-0.25, -0.2) is 0 Å². The van der Waals surface area contributed by atoms with Gasteiger partial charge in [-0.2, -0.15) is 13.2 Å². The Morgan fingerprint density at radius 2 is 1.96 bits per heavy atom. The Labute approximate surface area is 153 Å². The van der Waals surface area contributed by atoms with Crippen molar-refractivity contribution in [1.82, 2.24) is 0 Å². The molecular weight excluding hydrogens is 371 g/mol. The minimum Gasteiger partial charge on any atom is -0.325 e. The molecule has 0 bridgehead atoms. The number of benzene rings is 2. The maximum absolute atomic E-state index is 12.9. The van der Waals surface area contributed by atoms with Crippen LogP contribution in [0.5, 0.6) is 0 Å². The van der Waals surface area contributed by atoms with Gasteiger partial charge in [0.15, 0.2) is 0 Å². The molecule has 0 saturated heterocycles. The van der Waals surface area contributed by atoms with Crippen molar-refractivity contribution in [1.29, 1.82) is 0 Å². The largest absolute Gasteiger partial charge is 0.417 e. The average molecular weight is 388 g/mol. The predicted molar refractivity (Wildman–Crippen MR) is 96.4 cm³/mol. The molecule has 0 aromatic heterocycles. The van der Waals surface area contributed by atoms with Gasteiger partial charge in [0.2, 0.25) is 5.91 Å². The Hall–Kier alpha value is -1.66. The number of hydrogen-bond acceptors (Lipinski definition) is 2. The van der Waals surface area contributed by atoms with Gasteiger partial charge in [0, 0.05) is 10.6 Å². The van der Waals surface area contributed by atoms with Crippen LogP contribution in [0.4, 0.5) is 18.9 Å². The van der Waals surface area contributed by atoms with Crippen molar-refractivity contribution in [3.63, 3.8) is 0 Å². The Morgan fingerprint density at radius 3 is 2.60 bits per heavy atom. The number of hydrogen-bond donors (Lipinski definition) is 1. The van der Waals surface area contributed by atoms with Crippen LogP contribution in [0.1, 0.15) is 23.6 Å². The SMILES string of the molecule is CCc1cccc(C)c1NC(=O)CSc1ccc(Cl)c(C(F)(F)F)c1. The van der Waals surface area contributed by atoms with Gasteiger partial charge in [0.25, 0.3) is 0 Å². The summed E-state index contributed by atoms with van der Waals surface area (Å²) in [6, 6.07) is 9.39.